The number of carbonyl (C=O) groups is 1. The van der Waals surface area contributed by atoms with Gasteiger partial charge in [-0.2, -0.15) is 5.10 Å². The number of ether oxygens (including phenoxy) is 1. The van der Waals surface area contributed by atoms with Gasteiger partial charge in [-0.1, -0.05) is 18.2 Å². The Balaban J connectivity index is 1.47. The molecule has 0 N–H and O–H groups in total. The van der Waals surface area contributed by atoms with Crippen LogP contribution >= 0.6 is 0 Å². The molecule has 0 radical (unpaired) electrons. The van der Waals surface area contributed by atoms with Crippen LogP contribution in [0.25, 0.3) is 0 Å². The van der Waals surface area contributed by atoms with Crippen LogP contribution in [0.2, 0.25) is 0 Å². The molecule has 22 heavy (non-hydrogen) atoms. The molecule has 114 valence electrons. The van der Waals surface area contributed by atoms with Gasteiger partial charge in [-0.05, 0) is 37.5 Å². The van der Waals surface area contributed by atoms with Gasteiger partial charge in [-0.15, -0.1) is 0 Å². The second kappa shape index (κ2) is 5.48. The van der Waals surface area contributed by atoms with Crippen LogP contribution in [-0.4, -0.2) is 33.2 Å². The molecule has 4 rings (SSSR count). The number of fused-ring (bicyclic) bond motifs is 1. The number of benzene rings is 1. The maximum atomic E-state index is 12.6. The zero-order chi connectivity index (χ0) is 14.9. The lowest BCUT2D eigenvalue weighted by atomic mass is 9.91. The van der Waals surface area contributed by atoms with Gasteiger partial charge in [0.05, 0.1) is 6.54 Å². The first kappa shape index (κ1) is 13.4. The van der Waals surface area contributed by atoms with Crippen LogP contribution in [-0.2, 0) is 13.2 Å². The summed E-state index contributed by atoms with van der Waals surface area (Å²) in [4.78, 5) is 14.6. The summed E-state index contributed by atoms with van der Waals surface area (Å²) in [7, 11) is 0. The van der Waals surface area contributed by atoms with E-state index in [1.807, 2.05) is 46.0 Å². The SMILES string of the molecule is O=C1c2cc(COc3ccccc3)nn2CCN1C1CCC1. The van der Waals surface area contributed by atoms with Gasteiger partial charge in [0.15, 0.2) is 0 Å². The third kappa shape index (κ3) is 2.36. The fourth-order valence-electron chi connectivity index (χ4n) is 3.06. The summed E-state index contributed by atoms with van der Waals surface area (Å²) in [6.45, 7) is 1.95. The molecule has 0 bridgehead atoms. The quantitative estimate of drug-likeness (QED) is 0.871. The molecule has 1 aromatic heterocycles. The Morgan fingerprint density at radius 1 is 1.18 bits per heavy atom. The Morgan fingerprint density at radius 3 is 2.73 bits per heavy atom. The molecule has 0 spiro atoms. The topological polar surface area (TPSA) is 47.4 Å². The van der Waals surface area contributed by atoms with E-state index in [2.05, 4.69) is 5.10 Å². The predicted molar refractivity (Wildman–Crippen MR) is 81.7 cm³/mol. The third-order valence-corrected chi connectivity index (χ3v) is 4.51. The zero-order valence-corrected chi connectivity index (χ0v) is 12.4. The lowest BCUT2D eigenvalue weighted by molar-refractivity contribution is 0.0504. The van der Waals surface area contributed by atoms with Crippen molar-refractivity contribution in [3.05, 3.63) is 47.8 Å². The Hall–Kier alpha value is -2.30. The van der Waals surface area contributed by atoms with Crippen LogP contribution in [0.15, 0.2) is 36.4 Å². The van der Waals surface area contributed by atoms with Crippen molar-refractivity contribution in [1.29, 1.82) is 0 Å². The van der Waals surface area contributed by atoms with E-state index in [1.165, 1.54) is 6.42 Å². The number of rotatable bonds is 4. The van der Waals surface area contributed by atoms with E-state index >= 15 is 0 Å². The molecular weight excluding hydrogens is 278 g/mol. The Kier molecular flexibility index (Phi) is 3.33. The average molecular weight is 297 g/mol. The van der Waals surface area contributed by atoms with Gasteiger partial charge in [-0.3, -0.25) is 9.48 Å². The predicted octanol–water partition coefficient (Wildman–Crippen LogP) is 2.47. The van der Waals surface area contributed by atoms with Gasteiger partial charge in [0, 0.05) is 12.6 Å². The minimum atomic E-state index is 0.120. The molecule has 1 amide bonds. The minimum absolute atomic E-state index is 0.120. The van der Waals surface area contributed by atoms with Crippen molar-refractivity contribution in [2.45, 2.75) is 38.5 Å². The molecule has 0 atom stereocenters. The molecule has 1 aliphatic carbocycles. The summed E-state index contributed by atoms with van der Waals surface area (Å²) in [5, 5.41) is 4.50. The second-order valence-electron chi connectivity index (χ2n) is 5.93. The molecule has 1 aliphatic heterocycles. The van der Waals surface area contributed by atoms with Crippen LogP contribution in [0.4, 0.5) is 0 Å². The Labute approximate surface area is 129 Å². The molecule has 0 saturated heterocycles. The van der Waals surface area contributed by atoms with Crippen LogP contribution in [0.3, 0.4) is 0 Å². The summed E-state index contributed by atoms with van der Waals surface area (Å²) >= 11 is 0. The molecule has 1 aromatic carbocycles. The monoisotopic (exact) mass is 297 g/mol. The number of aromatic nitrogens is 2. The van der Waals surface area contributed by atoms with Crippen LogP contribution in [0.1, 0.15) is 35.4 Å². The standard InChI is InChI=1S/C17H19N3O2/c21-17-16-11-13(12-22-15-7-2-1-3-8-15)18-20(16)10-9-19(17)14-5-4-6-14/h1-3,7-8,11,14H,4-6,9-10,12H2. The number of nitrogens with zero attached hydrogens (tertiary/aromatic N) is 3. The largest absolute Gasteiger partial charge is 0.487 e. The molecule has 1 saturated carbocycles. The average Bonchev–Trinajstić information content (AvgIpc) is 2.91. The highest BCUT2D eigenvalue weighted by Crippen LogP contribution is 2.28. The fraction of sp³-hybridized carbons (Fsp3) is 0.412. The van der Waals surface area contributed by atoms with E-state index in [9.17, 15) is 4.79 Å². The minimum Gasteiger partial charge on any atom is -0.487 e. The van der Waals surface area contributed by atoms with Crippen molar-refractivity contribution < 1.29 is 9.53 Å². The lowest BCUT2D eigenvalue weighted by Gasteiger charge is -2.39. The summed E-state index contributed by atoms with van der Waals surface area (Å²) in [5.74, 6) is 0.935. The molecule has 5 nitrogen and oxygen atoms in total. The number of para-hydroxylation sites is 1. The highest BCUT2D eigenvalue weighted by atomic mass is 16.5. The van der Waals surface area contributed by atoms with Crippen LogP contribution in [0, 0.1) is 0 Å². The summed E-state index contributed by atoms with van der Waals surface area (Å²) in [6.07, 6.45) is 3.53. The van der Waals surface area contributed by atoms with Crippen molar-refractivity contribution in [3.8, 4) is 5.75 Å². The van der Waals surface area contributed by atoms with Crippen molar-refractivity contribution >= 4 is 5.91 Å². The lowest BCUT2D eigenvalue weighted by Crippen LogP contribution is -2.49. The maximum absolute atomic E-state index is 12.6. The zero-order valence-electron chi connectivity index (χ0n) is 12.4. The van der Waals surface area contributed by atoms with Crippen LogP contribution in [0.5, 0.6) is 5.75 Å². The van der Waals surface area contributed by atoms with E-state index in [0.717, 1.165) is 37.4 Å². The highest BCUT2D eigenvalue weighted by molar-refractivity contribution is 5.93. The summed E-state index contributed by atoms with van der Waals surface area (Å²) in [5.41, 5.74) is 1.51. The normalized spacial score (nSPS) is 18.0. The Bertz CT molecular complexity index is 676. The number of hydrogen-bond donors (Lipinski definition) is 0. The highest BCUT2D eigenvalue weighted by Gasteiger charge is 2.34. The van der Waals surface area contributed by atoms with Gasteiger partial charge in [0.1, 0.15) is 23.7 Å². The van der Waals surface area contributed by atoms with E-state index in [4.69, 9.17) is 4.74 Å². The molecule has 2 aromatic rings. The first-order chi connectivity index (χ1) is 10.8. The van der Waals surface area contributed by atoms with Crippen molar-refractivity contribution in [1.82, 2.24) is 14.7 Å². The van der Waals surface area contributed by atoms with E-state index in [-0.39, 0.29) is 5.91 Å². The molecule has 2 heterocycles. The van der Waals surface area contributed by atoms with E-state index < -0.39 is 0 Å². The third-order valence-electron chi connectivity index (χ3n) is 4.51. The summed E-state index contributed by atoms with van der Waals surface area (Å²) in [6, 6.07) is 12.0. The van der Waals surface area contributed by atoms with Gasteiger partial charge in [-0.25, -0.2) is 0 Å². The Morgan fingerprint density at radius 2 is 2.00 bits per heavy atom. The van der Waals surface area contributed by atoms with Crippen molar-refractivity contribution in [2.75, 3.05) is 6.54 Å². The number of amides is 1. The summed E-state index contributed by atoms with van der Waals surface area (Å²) < 4.78 is 7.53. The maximum Gasteiger partial charge on any atom is 0.272 e. The van der Waals surface area contributed by atoms with Crippen LogP contribution < -0.4 is 4.74 Å². The second-order valence-corrected chi connectivity index (χ2v) is 5.93. The molecule has 0 unspecified atom stereocenters. The first-order valence-electron chi connectivity index (χ1n) is 7.87. The van der Waals surface area contributed by atoms with E-state index in [0.29, 0.717) is 18.3 Å². The molecule has 1 fully saturated rings. The first-order valence-corrected chi connectivity index (χ1v) is 7.87. The smallest absolute Gasteiger partial charge is 0.272 e. The van der Waals surface area contributed by atoms with Gasteiger partial charge in [0.25, 0.3) is 5.91 Å². The molecule has 5 heteroatoms. The van der Waals surface area contributed by atoms with Crippen molar-refractivity contribution in [2.24, 2.45) is 0 Å². The van der Waals surface area contributed by atoms with Gasteiger partial charge in [0.2, 0.25) is 0 Å². The van der Waals surface area contributed by atoms with Gasteiger partial charge < -0.3 is 9.64 Å². The molecule has 2 aliphatic rings. The number of hydrogen-bond acceptors (Lipinski definition) is 3. The van der Waals surface area contributed by atoms with E-state index in [1.54, 1.807) is 0 Å². The number of carbonyl (C=O) groups excluding carboxylic acids is 1. The van der Waals surface area contributed by atoms with Crippen molar-refractivity contribution in [3.63, 3.8) is 0 Å². The fourth-order valence-corrected chi connectivity index (χ4v) is 3.06. The molecular formula is C17H19N3O2. The van der Waals surface area contributed by atoms with Gasteiger partial charge >= 0.3 is 0 Å².